The summed E-state index contributed by atoms with van der Waals surface area (Å²) in [5.41, 5.74) is 0. The molecule has 3 aromatic carbocycles. The zero-order chi connectivity index (χ0) is 19.8. The van der Waals surface area contributed by atoms with Crippen LogP contribution in [0.4, 0.5) is 0 Å². The van der Waals surface area contributed by atoms with Crippen LogP contribution in [-0.2, 0) is 0 Å². The van der Waals surface area contributed by atoms with Gasteiger partial charge in [0.05, 0.1) is 10.0 Å². The van der Waals surface area contributed by atoms with Crippen LogP contribution in [0.2, 0.25) is 41.3 Å². The summed E-state index contributed by atoms with van der Waals surface area (Å²) in [5.74, 6) is 0. The molecular weight excluding hydrogens is 427 g/mol. The van der Waals surface area contributed by atoms with Crippen molar-refractivity contribution in [2.75, 3.05) is 0 Å². The Balaban J connectivity index is 2.19. The molecule has 3 rings (SSSR count). The quantitative estimate of drug-likeness (QED) is 0.375. The van der Waals surface area contributed by atoms with Crippen molar-refractivity contribution in [2.45, 2.75) is 26.2 Å². The monoisotopic (exact) mass is 448 g/mol. The van der Waals surface area contributed by atoms with Crippen LogP contribution in [0, 0.1) is 0 Å². The molecule has 5 heteroatoms. The van der Waals surface area contributed by atoms with Crippen LogP contribution in [0.25, 0.3) is 0 Å². The van der Waals surface area contributed by atoms with Gasteiger partial charge in [0.2, 0.25) is 0 Å². The zero-order valence-corrected chi connectivity index (χ0v) is 20.3. The molecule has 0 aliphatic heterocycles. The van der Waals surface area contributed by atoms with Gasteiger partial charge in [-0.15, -0.1) is 0 Å². The Morgan fingerprint density at radius 2 is 1.04 bits per heavy atom. The van der Waals surface area contributed by atoms with Crippen LogP contribution in [0.15, 0.2) is 66.7 Å². The number of hydrogen-bond donors (Lipinski definition) is 0. The first-order valence-electron chi connectivity index (χ1n) is 8.97. The molecule has 27 heavy (non-hydrogen) atoms. The van der Waals surface area contributed by atoms with Crippen LogP contribution in [0.5, 0.6) is 0 Å². The molecule has 0 aliphatic carbocycles. The lowest BCUT2D eigenvalue weighted by atomic mass is 10.3. The first-order chi connectivity index (χ1) is 12.7. The number of hydrogen-bond acceptors (Lipinski definition) is 0. The van der Waals surface area contributed by atoms with E-state index in [0.29, 0.717) is 10.0 Å². The molecule has 0 radical (unpaired) electrons. The average molecular weight is 450 g/mol. The molecule has 0 saturated carbocycles. The third-order valence-electron chi connectivity index (χ3n) is 5.45. The fraction of sp³-hybridized carbons (Fsp3) is 0.182. The second kappa shape index (κ2) is 7.77. The molecule has 3 aromatic rings. The van der Waals surface area contributed by atoms with Crippen LogP contribution in [-0.4, -0.2) is 16.1 Å². The van der Waals surface area contributed by atoms with Crippen LogP contribution < -0.4 is 20.7 Å². The second-order valence-corrected chi connectivity index (χ2v) is 17.7. The standard InChI is InChI=1S/C22H23Cl3Si2/c1-26(2,16-11-7-5-8-12-16)19-15-18(23)22(21(25)20(19)24)27(3,4)17-13-9-6-10-14-17/h5-15H,1-4H3. The van der Waals surface area contributed by atoms with E-state index >= 15 is 0 Å². The molecule has 0 aromatic heterocycles. The number of halogens is 3. The lowest BCUT2D eigenvalue weighted by Gasteiger charge is -2.30. The Morgan fingerprint density at radius 3 is 1.52 bits per heavy atom. The van der Waals surface area contributed by atoms with Gasteiger partial charge < -0.3 is 0 Å². The number of benzene rings is 3. The highest BCUT2D eigenvalue weighted by Gasteiger charge is 2.36. The lowest BCUT2D eigenvalue weighted by molar-refractivity contribution is 1.65. The molecule has 140 valence electrons. The van der Waals surface area contributed by atoms with Gasteiger partial charge in [0, 0.05) is 5.02 Å². The van der Waals surface area contributed by atoms with Crippen molar-refractivity contribution in [3.63, 3.8) is 0 Å². The Hall–Kier alpha value is -1.04. The normalized spacial score (nSPS) is 12.3. The van der Waals surface area contributed by atoms with Crippen molar-refractivity contribution in [3.05, 3.63) is 81.8 Å². The summed E-state index contributed by atoms with van der Waals surface area (Å²) in [4.78, 5) is 0. The third kappa shape index (κ3) is 3.79. The van der Waals surface area contributed by atoms with Crippen molar-refractivity contribution in [1.82, 2.24) is 0 Å². The molecule has 0 amide bonds. The van der Waals surface area contributed by atoms with Crippen molar-refractivity contribution in [3.8, 4) is 0 Å². The molecule has 0 saturated heterocycles. The van der Waals surface area contributed by atoms with E-state index in [2.05, 4.69) is 80.8 Å². The minimum absolute atomic E-state index is 0.621. The molecular formula is C22H23Cl3Si2. The van der Waals surface area contributed by atoms with Gasteiger partial charge in [0.25, 0.3) is 0 Å². The molecule has 0 bridgehead atoms. The van der Waals surface area contributed by atoms with Crippen molar-refractivity contribution < 1.29 is 0 Å². The molecule has 0 fully saturated rings. The van der Waals surface area contributed by atoms with E-state index in [-0.39, 0.29) is 0 Å². The zero-order valence-electron chi connectivity index (χ0n) is 16.0. The van der Waals surface area contributed by atoms with E-state index in [1.165, 1.54) is 10.4 Å². The van der Waals surface area contributed by atoms with E-state index in [1.807, 2.05) is 12.1 Å². The maximum atomic E-state index is 6.87. The molecule has 0 aliphatic rings. The SMILES string of the molecule is C[Si](C)(c1ccccc1)c1cc(Cl)c([Si](C)(C)c2ccccc2)c(Cl)c1Cl. The highest BCUT2D eigenvalue weighted by atomic mass is 35.5. The first-order valence-corrected chi connectivity index (χ1v) is 16.1. The van der Waals surface area contributed by atoms with E-state index < -0.39 is 16.1 Å². The van der Waals surface area contributed by atoms with Gasteiger partial charge in [-0.3, -0.25) is 0 Å². The Kier molecular flexibility index (Phi) is 5.95. The minimum atomic E-state index is -2.07. The summed E-state index contributed by atoms with van der Waals surface area (Å²) in [6.07, 6.45) is 0. The van der Waals surface area contributed by atoms with Gasteiger partial charge in [-0.1, -0.05) is 132 Å². The fourth-order valence-corrected chi connectivity index (χ4v) is 11.8. The predicted molar refractivity (Wildman–Crippen MR) is 128 cm³/mol. The predicted octanol–water partition coefficient (Wildman–Crippen LogP) is 5.29. The van der Waals surface area contributed by atoms with Crippen molar-refractivity contribution >= 4 is 71.7 Å². The molecule has 0 atom stereocenters. The van der Waals surface area contributed by atoms with Crippen LogP contribution in [0.1, 0.15) is 0 Å². The molecule has 0 unspecified atom stereocenters. The Morgan fingerprint density at radius 1 is 0.593 bits per heavy atom. The smallest absolute Gasteiger partial charge is 0.0844 e. The Bertz CT molecular complexity index is 952. The maximum absolute atomic E-state index is 6.87. The van der Waals surface area contributed by atoms with Gasteiger partial charge in [0.15, 0.2) is 0 Å². The fourth-order valence-electron chi connectivity index (χ4n) is 3.63. The van der Waals surface area contributed by atoms with Crippen molar-refractivity contribution in [1.29, 1.82) is 0 Å². The van der Waals surface area contributed by atoms with Crippen LogP contribution >= 0.6 is 34.8 Å². The number of rotatable bonds is 4. The van der Waals surface area contributed by atoms with E-state index in [9.17, 15) is 0 Å². The summed E-state index contributed by atoms with van der Waals surface area (Å²) in [6, 6.07) is 23.0. The van der Waals surface area contributed by atoms with Gasteiger partial charge in [0.1, 0.15) is 16.1 Å². The largest absolute Gasteiger partial charge is 0.116 e. The first kappa shape index (κ1) is 20.7. The van der Waals surface area contributed by atoms with E-state index in [1.54, 1.807) is 0 Å². The molecule has 0 N–H and O–H groups in total. The van der Waals surface area contributed by atoms with E-state index in [0.717, 1.165) is 15.4 Å². The maximum Gasteiger partial charge on any atom is 0.116 e. The highest BCUT2D eigenvalue weighted by molar-refractivity contribution is 7.04. The minimum Gasteiger partial charge on any atom is -0.0844 e. The molecule has 0 heterocycles. The summed E-state index contributed by atoms with van der Waals surface area (Å²) in [5, 5.41) is 6.72. The highest BCUT2D eigenvalue weighted by Crippen LogP contribution is 2.28. The average Bonchev–Trinajstić information content (AvgIpc) is 2.66. The van der Waals surface area contributed by atoms with Gasteiger partial charge >= 0.3 is 0 Å². The second-order valence-electron chi connectivity index (χ2n) is 7.89. The molecule has 0 nitrogen and oxygen atoms in total. The lowest BCUT2D eigenvalue weighted by Crippen LogP contribution is -2.57. The summed E-state index contributed by atoms with van der Waals surface area (Å²) in [6.45, 7) is 9.11. The molecule has 0 spiro atoms. The van der Waals surface area contributed by atoms with Gasteiger partial charge in [-0.05, 0) is 16.4 Å². The topological polar surface area (TPSA) is 0 Å². The third-order valence-corrected chi connectivity index (χ3v) is 14.2. The Labute approximate surface area is 179 Å². The summed E-state index contributed by atoms with van der Waals surface area (Å²) < 4.78 is 0. The summed E-state index contributed by atoms with van der Waals surface area (Å²) >= 11 is 20.6. The van der Waals surface area contributed by atoms with Crippen LogP contribution in [0.3, 0.4) is 0 Å². The van der Waals surface area contributed by atoms with Crippen molar-refractivity contribution in [2.24, 2.45) is 0 Å². The van der Waals surface area contributed by atoms with Gasteiger partial charge in [-0.2, -0.15) is 0 Å². The van der Waals surface area contributed by atoms with Gasteiger partial charge in [-0.25, -0.2) is 0 Å². The van der Waals surface area contributed by atoms with E-state index in [4.69, 9.17) is 34.8 Å². The summed E-state index contributed by atoms with van der Waals surface area (Å²) in [7, 11) is -4.08.